The van der Waals surface area contributed by atoms with Crippen molar-refractivity contribution in [3.05, 3.63) is 29.4 Å². The van der Waals surface area contributed by atoms with Crippen molar-refractivity contribution in [2.75, 3.05) is 17.6 Å². The third-order valence-electron chi connectivity index (χ3n) is 2.93. The number of nitrogens with two attached hydrogens (primary N) is 1. The van der Waals surface area contributed by atoms with E-state index in [0.29, 0.717) is 22.5 Å². The molecule has 5 nitrogen and oxygen atoms in total. The van der Waals surface area contributed by atoms with Crippen LogP contribution < -0.4 is 11.1 Å². The molecule has 0 fully saturated rings. The van der Waals surface area contributed by atoms with E-state index in [2.05, 4.69) is 27.2 Å². The second kappa shape index (κ2) is 5.83. The van der Waals surface area contributed by atoms with Gasteiger partial charge in [0.05, 0.1) is 15.8 Å². The van der Waals surface area contributed by atoms with Crippen LogP contribution in [0.15, 0.2) is 24.3 Å². The first-order chi connectivity index (χ1) is 10.2. The molecule has 0 unspecified atom stereocenters. The lowest BCUT2D eigenvalue weighted by Gasteiger charge is -2.08. The highest BCUT2D eigenvalue weighted by Crippen LogP contribution is 2.36. The Balaban J connectivity index is 2.05. The number of nitrogens with one attached hydrogen (secondary N) is 1. The van der Waals surface area contributed by atoms with Gasteiger partial charge in [0.1, 0.15) is 16.0 Å². The van der Waals surface area contributed by atoms with Crippen LogP contribution in [0.2, 0.25) is 5.15 Å². The highest BCUT2D eigenvalue weighted by atomic mass is 35.5. The van der Waals surface area contributed by atoms with E-state index in [4.69, 9.17) is 17.3 Å². The van der Waals surface area contributed by atoms with E-state index in [9.17, 15) is 0 Å². The SMILES string of the molecule is CCCNc1nc(N)c(-c2nc3ccccc3s2)c(Cl)n1. The molecule has 0 aliphatic carbocycles. The third kappa shape index (κ3) is 2.77. The molecule has 1 aromatic carbocycles. The second-order valence-corrected chi connectivity index (χ2v) is 5.90. The average molecular weight is 320 g/mol. The van der Waals surface area contributed by atoms with Crippen LogP contribution in [0.3, 0.4) is 0 Å². The van der Waals surface area contributed by atoms with Crippen molar-refractivity contribution in [1.29, 1.82) is 0 Å². The number of fused-ring (bicyclic) bond motifs is 1. The Morgan fingerprint density at radius 3 is 2.76 bits per heavy atom. The summed E-state index contributed by atoms with van der Waals surface area (Å²) in [5.41, 5.74) is 7.55. The van der Waals surface area contributed by atoms with E-state index in [1.54, 1.807) is 0 Å². The van der Waals surface area contributed by atoms with Gasteiger partial charge in [-0.15, -0.1) is 11.3 Å². The average Bonchev–Trinajstić information content (AvgIpc) is 2.87. The van der Waals surface area contributed by atoms with Crippen LogP contribution in [0.5, 0.6) is 0 Å². The maximum Gasteiger partial charge on any atom is 0.226 e. The highest BCUT2D eigenvalue weighted by Gasteiger charge is 2.16. The third-order valence-corrected chi connectivity index (χ3v) is 4.26. The van der Waals surface area contributed by atoms with Gasteiger partial charge in [-0.3, -0.25) is 0 Å². The van der Waals surface area contributed by atoms with E-state index >= 15 is 0 Å². The van der Waals surface area contributed by atoms with Crippen LogP contribution in [0.4, 0.5) is 11.8 Å². The number of anilines is 2. The molecule has 0 radical (unpaired) electrons. The summed E-state index contributed by atoms with van der Waals surface area (Å²) in [6.45, 7) is 2.84. The van der Waals surface area contributed by atoms with Crippen molar-refractivity contribution in [2.45, 2.75) is 13.3 Å². The van der Waals surface area contributed by atoms with Gasteiger partial charge < -0.3 is 11.1 Å². The standard InChI is InChI=1S/C14H14ClN5S/c1-2-7-17-14-19-11(15)10(12(16)20-14)13-18-8-5-3-4-6-9(8)21-13/h3-6H,2,7H2,1H3,(H3,16,17,19,20). The zero-order chi connectivity index (χ0) is 14.8. The Bertz CT molecular complexity index is 730. The number of hydrogen-bond acceptors (Lipinski definition) is 6. The van der Waals surface area contributed by atoms with Crippen molar-refractivity contribution < 1.29 is 0 Å². The molecule has 0 aliphatic heterocycles. The van der Waals surface area contributed by atoms with Gasteiger partial charge in [-0.25, -0.2) is 9.97 Å². The van der Waals surface area contributed by atoms with E-state index in [-0.39, 0.29) is 0 Å². The van der Waals surface area contributed by atoms with Gasteiger partial charge in [0.15, 0.2) is 0 Å². The Hall–Kier alpha value is -1.92. The molecule has 0 spiro atoms. The minimum Gasteiger partial charge on any atom is -0.383 e. The van der Waals surface area contributed by atoms with Crippen LogP contribution in [-0.2, 0) is 0 Å². The summed E-state index contributed by atoms with van der Waals surface area (Å²) in [6.07, 6.45) is 0.973. The molecule has 0 aliphatic rings. The summed E-state index contributed by atoms with van der Waals surface area (Å²) in [7, 11) is 0. The molecule has 3 aromatic rings. The first-order valence-electron chi connectivity index (χ1n) is 6.62. The fourth-order valence-corrected chi connectivity index (χ4v) is 3.29. The van der Waals surface area contributed by atoms with Crippen LogP contribution in [-0.4, -0.2) is 21.5 Å². The smallest absolute Gasteiger partial charge is 0.226 e. The molecule has 0 bridgehead atoms. The summed E-state index contributed by atoms with van der Waals surface area (Å²) >= 11 is 7.80. The monoisotopic (exact) mass is 319 g/mol. The first-order valence-corrected chi connectivity index (χ1v) is 7.81. The number of thiazole rings is 1. The minimum atomic E-state index is 0.320. The van der Waals surface area contributed by atoms with Gasteiger partial charge in [0.25, 0.3) is 0 Å². The second-order valence-electron chi connectivity index (χ2n) is 4.51. The summed E-state index contributed by atoms with van der Waals surface area (Å²) in [4.78, 5) is 13.1. The lowest BCUT2D eigenvalue weighted by atomic mass is 10.3. The number of para-hydroxylation sites is 1. The molecule has 0 saturated heterocycles. The van der Waals surface area contributed by atoms with Crippen molar-refractivity contribution in [2.24, 2.45) is 0 Å². The van der Waals surface area contributed by atoms with Crippen LogP contribution in [0.1, 0.15) is 13.3 Å². The molecule has 2 aromatic heterocycles. The van der Waals surface area contributed by atoms with Crippen LogP contribution >= 0.6 is 22.9 Å². The van der Waals surface area contributed by atoms with Gasteiger partial charge in [-0.1, -0.05) is 30.7 Å². The molecule has 21 heavy (non-hydrogen) atoms. The number of nitrogen functional groups attached to an aromatic ring is 1. The van der Waals surface area contributed by atoms with Crippen molar-refractivity contribution >= 4 is 44.9 Å². The normalized spacial score (nSPS) is 11.0. The topological polar surface area (TPSA) is 76.7 Å². The molecule has 0 atom stereocenters. The highest BCUT2D eigenvalue weighted by molar-refractivity contribution is 7.21. The molecule has 0 amide bonds. The zero-order valence-corrected chi connectivity index (χ0v) is 13.0. The maximum absolute atomic E-state index is 6.27. The summed E-state index contributed by atoms with van der Waals surface area (Å²) in [5, 5.41) is 4.13. The van der Waals surface area contributed by atoms with Crippen molar-refractivity contribution in [3.63, 3.8) is 0 Å². The van der Waals surface area contributed by atoms with Crippen molar-refractivity contribution in [1.82, 2.24) is 15.0 Å². The van der Waals surface area contributed by atoms with E-state index < -0.39 is 0 Å². The fraction of sp³-hybridized carbons (Fsp3) is 0.214. The van der Waals surface area contributed by atoms with Crippen LogP contribution in [0.25, 0.3) is 20.8 Å². The predicted octanol–water partition coefficient (Wildman–Crippen LogP) is 3.81. The van der Waals surface area contributed by atoms with E-state index in [1.807, 2.05) is 24.3 Å². The lowest BCUT2D eigenvalue weighted by molar-refractivity contribution is 0.954. The largest absolute Gasteiger partial charge is 0.383 e. The molecular formula is C14H14ClN5S. The Labute approximate surface area is 131 Å². The van der Waals surface area contributed by atoms with Gasteiger partial charge in [0, 0.05) is 6.54 Å². The minimum absolute atomic E-state index is 0.320. The Morgan fingerprint density at radius 1 is 1.24 bits per heavy atom. The number of benzene rings is 1. The summed E-state index contributed by atoms with van der Waals surface area (Å²) in [5.74, 6) is 0.789. The number of nitrogens with zero attached hydrogens (tertiary/aromatic N) is 3. The predicted molar refractivity (Wildman–Crippen MR) is 88.8 cm³/mol. The molecule has 3 rings (SSSR count). The summed E-state index contributed by atoms with van der Waals surface area (Å²) < 4.78 is 1.08. The number of halogens is 1. The zero-order valence-electron chi connectivity index (χ0n) is 11.4. The van der Waals surface area contributed by atoms with Gasteiger partial charge in [-0.05, 0) is 18.6 Å². The number of rotatable bonds is 4. The number of hydrogen-bond donors (Lipinski definition) is 2. The quantitative estimate of drug-likeness (QED) is 0.715. The van der Waals surface area contributed by atoms with Gasteiger partial charge in [0.2, 0.25) is 5.95 Å². The van der Waals surface area contributed by atoms with Gasteiger partial charge in [-0.2, -0.15) is 4.98 Å². The molecule has 108 valence electrons. The molecule has 0 saturated carbocycles. The van der Waals surface area contributed by atoms with Gasteiger partial charge >= 0.3 is 0 Å². The van der Waals surface area contributed by atoms with Crippen LogP contribution in [0, 0.1) is 0 Å². The first kappa shape index (κ1) is 14.0. The fourth-order valence-electron chi connectivity index (χ4n) is 1.94. The van der Waals surface area contributed by atoms with E-state index in [1.165, 1.54) is 11.3 Å². The Kier molecular flexibility index (Phi) is 3.90. The number of aromatic nitrogens is 3. The molecule has 7 heteroatoms. The molecule has 3 N–H and O–H groups in total. The molecule has 2 heterocycles. The van der Waals surface area contributed by atoms with Crippen molar-refractivity contribution in [3.8, 4) is 10.6 Å². The maximum atomic E-state index is 6.27. The summed E-state index contributed by atoms with van der Waals surface area (Å²) in [6, 6.07) is 7.89. The lowest BCUT2D eigenvalue weighted by Crippen LogP contribution is -2.07. The Morgan fingerprint density at radius 2 is 2.05 bits per heavy atom. The van der Waals surface area contributed by atoms with E-state index in [0.717, 1.165) is 28.2 Å². The molecular weight excluding hydrogens is 306 g/mol.